The highest BCUT2D eigenvalue weighted by Gasteiger charge is 2.23. The van der Waals surface area contributed by atoms with Gasteiger partial charge < -0.3 is 5.32 Å². The molecule has 2 heterocycles. The third-order valence-electron chi connectivity index (χ3n) is 3.81. The Labute approximate surface area is 164 Å². The predicted octanol–water partition coefficient (Wildman–Crippen LogP) is 4.68. The maximum Gasteiger partial charge on any atom is 0.263 e. The molecule has 128 valence electrons. The summed E-state index contributed by atoms with van der Waals surface area (Å²) >= 11 is 12.3. The molecule has 1 aliphatic heterocycles. The van der Waals surface area contributed by atoms with Crippen molar-refractivity contribution in [2.24, 2.45) is 0 Å². The molecule has 3 aromatic rings. The van der Waals surface area contributed by atoms with E-state index in [0.29, 0.717) is 14.2 Å². The van der Waals surface area contributed by atoms with E-state index in [0.717, 1.165) is 22.5 Å². The van der Waals surface area contributed by atoms with Crippen molar-refractivity contribution in [2.45, 2.75) is 0 Å². The van der Waals surface area contributed by atoms with E-state index in [4.69, 9.17) is 28.9 Å². The van der Waals surface area contributed by atoms with Gasteiger partial charge in [0.1, 0.15) is 4.32 Å². The van der Waals surface area contributed by atoms with Crippen molar-refractivity contribution in [1.82, 2.24) is 15.1 Å². The number of benzene rings is 2. The lowest BCUT2D eigenvalue weighted by Gasteiger charge is -2.01. The number of nitrogens with one attached hydrogen (secondary N) is 1. The largest absolute Gasteiger partial charge is 0.307 e. The fraction of sp³-hybridized carbons (Fsp3) is 0. The highest BCUT2D eigenvalue weighted by Crippen LogP contribution is 2.31. The van der Waals surface area contributed by atoms with Crippen LogP contribution in [0.2, 0.25) is 5.02 Å². The maximum atomic E-state index is 12.0. The third kappa shape index (κ3) is 3.44. The summed E-state index contributed by atoms with van der Waals surface area (Å²) < 4.78 is 2.26. The summed E-state index contributed by atoms with van der Waals surface area (Å²) in [4.78, 5) is 12.6. The number of rotatable bonds is 3. The summed E-state index contributed by atoms with van der Waals surface area (Å²) in [6, 6.07) is 17.3. The average Bonchev–Trinajstić information content (AvgIpc) is 3.20. The minimum atomic E-state index is -0.186. The van der Waals surface area contributed by atoms with Crippen LogP contribution in [0.4, 0.5) is 0 Å². The van der Waals surface area contributed by atoms with Crippen molar-refractivity contribution in [3.63, 3.8) is 0 Å². The zero-order valence-electron chi connectivity index (χ0n) is 13.3. The second-order valence-corrected chi connectivity index (χ2v) is 7.73. The number of carbonyl (C=O) groups is 1. The van der Waals surface area contributed by atoms with E-state index in [9.17, 15) is 4.79 Å². The lowest BCUT2D eigenvalue weighted by atomic mass is 10.1. The minimum absolute atomic E-state index is 0.186. The van der Waals surface area contributed by atoms with Gasteiger partial charge in [0.25, 0.3) is 5.91 Å². The number of nitrogens with zero attached hydrogens (tertiary/aromatic N) is 2. The number of halogens is 1. The number of hydrogen-bond acceptors (Lipinski definition) is 4. The molecule has 0 saturated carbocycles. The highest BCUT2D eigenvalue weighted by molar-refractivity contribution is 8.26. The quantitative estimate of drug-likeness (QED) is 0.514. The second kappa shape index (κ2) is 7.07. The minimum Gasteiger partial charge on any atom is -0.307 e. The maximum absolute atomic E-state index is 12.0. The van der Waals surface area contributed by atoms with Crippen LogP contribution in [0.3, 0.4) is 0 Å². The smallest absolute Gasteiger partial charge is 0.263 e. The van der Waals surface area contributed by atoms with Gasteiger partial charge in [-0.2, -0.15) is 5.10 Å². The molecule has 0 atom stereocenters. The van der Waals surface area contributed by atoms with Crippen molar-refractivity contribution in [3.8, 4) is 16.9 Å². The van der Waals surface area contributed by atoms with Crippen molar-refractivity contribution in [1.29, 1.82) is 0 Å². The van der Waals surface area contributed by atoms with Crippen LogP contribution in [-0.4, -0.2) is 20.0 Å². The zero-order chi connectivity index (χ0) is 18.1. The molecule has 2 aromatic carbocycles. The highest BCUT2D eigenvalue weighted by atomic mass is 35.5. The van der Waals surface area contributed by atoms with Crippen LogP contribution < -0.4 is 5.32 Å². The van der Waals surface area contributed by atoms with E-state index in [1.165, 1.54) is 11.8 Å². The second-order valence-electron chi connectivity index (χ2n) is 5.57. The molecular weight excluding hydrogens is 386 g/mol. The number of aromatic nitrogens is 2. The summed E-state index contributed by atoms with van der Waals surface area (Å²) in [6.07, 6.45) is 3.72. The van der Waals surface area contributed by atoms with Crippen LogP contribution in [0.5, 0.6) is 0 Å². The molecule has 1 amide bonds. The molecule has 1 aromatic heterocycles. The van der Waals surface area contributed by atoms with Crippen molar-refractivity contribution in [2.75, 3.05) is 0 Å². The molecule has 0 unspecified atom stereocenters. The van der Waals surface area contributed by atoms with Gasteiger partial charge in [-0.1, -0.05) is 65.9 Å². The number of hydrogen-bond donors (Lipinski definition) is 1. The summed E-state index contributed by atoms with van der Waals surface area (Å²) in [7, 11) is 0. The zero-order valence-corrected chi connectivity index (χ0v) is 15.7. The van der Waals surface area contributed by atoms with Gasteiger partial charge in [0.05, 0.1) is 16.3 Å². The SMILES string of the molecule is O=C1NC(=S)SC1=Cc1cn(-c2ccccc2)nc1-c1ccc(Cl)cc1. The van der Waals surface area contributed by atoms with E-state index in [1.807, 2.05) is 66.9 Å². The van der Waals surface area contributed by atoms with E-state index in [-0.39, 0.29) is 5.91 Å². The predicted molar refractivity (Wildman–Crippen MR) is 110 cm³/mol. The van der Waals surface area contributed by atoms with Gasteiger partial charge in [0, 0.05) is 22.3 Å². The van der Waals surface area contributed by atoms with Crippen LogP contribution in [0.25, 0.3) is 23.0 Å². The molecule has 0 spiro atoms. The lowest BCUT2D eigenvalue weighted by Crippen LogP contribution is -2.17. The number of para-hydroxylation sites is 1. The van der Waals surface area contributed by atoms with E-state index in [2.05, 4.69) is 5.32 Å². The van der Waals surface area contributed by atoms with Crippen LogP contribution in [-0.2, 0) is 4.79 Å². The molecule has 1 saturated heterocycles. The van der Waals surface area contributed by atoms with Crippen molar-refractivity contribution < 1.29 is 4.79 Å². The Kier molecular flexibility index (Phi) is 4.63. The molecule has 0 aliphatic carbocycles. The molecule has 26 heavy (non-hydrogen) atoms. The molecule has 7 heteroatoms. The van der Waals surface area contributed by atoms with Gasteiger partial charge in [0.2, 0.25) is 0 Å². The lowest BCUT2D eigenvalue weighted by molar-refractivity contribution is -0.115. The van der Waals surface area contributed by atoms with Gasteiger partial charge in [-0.25, -0.2) is 4.68 Å². The van der Waals surface area contributed by atoms with E-state index >= 15 is 0 Å². The van der Waals surface area contributed by atoms with Crippen LogP contribution in [0, 0.1) is 0 Å². The fourth-order valence-electron chi connectivity index (χ4n) is 2.60. The topological polar surface area (TPSA) is 46.9 Å². The molecule has 0 bridgehead atoms. The molecular formula is C19H12ClN3OS2. The first kappa shape index (κ1) is 17.0. The van der Waals surface area contributed by atoms with Gasteiger partial charge >= 0.3 is 0 Å². The Morgan fingerprint density at radius 1 is 1.12 bits per heavy atom. The molecule has 1 aliphatic rings. The average molecular weight is 398 g/mol. The van der Waals surface area contributed by atoms with Crippen molar-refractivity contribution in [3.05, 3.63) is 76.3 Å². The van der Waals surface area contributed by atoms with Gasteiger partial charge in [-0.05, 0) is 30.3 Å². The van der Waals surface area contributed by atoms with Gasteiger partial charge in [-0.15, -0.1) is 0 Å². The van der Waals surface area contributed by atoms with Crippen molar-refractivity contribution >= 4 is 51.9 Å². The number of thioether (sulfide) groups is 1. The Morgan fingerprint density at radius 2 is 1.85 bits per heavy atom. The van der Waals surface area contributed by atoms with Crippen LogP contribution >= 0.6 is 35.6 Å². The fourth-order valence-corrected chi connectivity index (χ4v) is 3.76. The summed E-state index contributed by atoms with van der Waals surface area (Å²) in [6.45, 7) is 0. The van der Waals surface area contributed by atoms with E-state index in [1.54, 1.807) is 4.68 Å². The first-order valence-electron chi connectivity index (χ1n) is 7.76. The summed E-state index contributed by atoms with van der Waals surface area (Å²) in [5.74, 6) is -0.186. The monoisotopic (exact) mass is 397 g/mol. The summed E-state index contributed by atoms with van der Waals surface area (Å²) in [5.41, 5.74) is 3.45. The van der Waals surface area contributed by atoms with Gasteiger partial charge in [0.15, 0.2) is 0 Å². The number of thiocarbonyl (C=S) groups is 1. The van der Waals surface area contributed by atoms with Gasteiger partial charge in [-0.3, -0.25) is 4.79 Å². The summed E-state index contributed by atoms with van der Waals surface area (Å²) in [5, 5.41) is 8.02. The first-order valence-corrected chi connectivity index (χ1v) is 9.36. The van der Waals surface area contributed by atoms with Crippen LogP contribution in [0.1, 0.15) is 5.56 Å². The first-order chi connectivity index (χ1) is 12.6. The normalized spacial score (nSPS) is 15.5. The Hall–Kier alpha value is -2.41. The number of carbonyl (C=O) groups excluding carboxylic acids is 1. The Balaban J connectivity index is 1.84. The molecule has 1 fully saturated rings. The standard InChI is InChI=1S/C19H12ClN3OS2/c20-14-8-6-12(7-9-14)17-13(10-16-18(24)21-19(25)26-16)11-23(22-17)15-4-2-1-3-5-15/h1-11H,(H,21,24,25). The van der Waals surface area contributed by atoms with Crippen LogP contribution in [0.15, 0.2) is 65.7 Å². The molecule has 1 N–H and O–H groups in total. The third-order valence-corrected chi connectivity index (χ3v) is 5.22. The molecule has 4 rings (SSSR count). The molecule has 0 radical (unpaired) electrons. The van der Waals surface area contributed by atoms with E-state index < -0.39 is 0 Å². The molecule has 4 nitrogen and oxygen atoms in total. The Bertz CT molecular complexity index is 1030. The Morgan fingerprint density at radius 3 is 2.50 bits per heavy atom. The number of amides is 1.